The zero-order chi connectivity index (χ0) is 23.2. The van der Waals surface area contributed by atoms with E-state index in [1.165, 1.54) is 0 Å². The second kappa shape index (κ2) is 8.23. The van der Waals surface area contributed by atoms with Crippen molar-refractivity contribution in [3.63, 3.8) is 0 Å². The summed E-state index contributed by atoms with van der Waals surface area (Å²) in [6.07, 6.45) is 1.59. The molecule has 6 rings (SSSR count). The van der Waals surface area contributed by atoms with Crippen molar-refractivity contribution in [3.05, 3.63) is 75.5 Å². The predicted molar refractivity (Wildman–Crippen MR) is 133 cm³/mol. The molecule has 0 radical (unpaired) electrons. The first-order valence-electron chi connectivity index (χ1n) is 10.4. The van der Waals surface area contributed by atoms with E-state index < -0.39 is 0 Å². The van der Waals surface area contributed by atoms with Crippen LogP contribution in [0, 0.1) is 6.92 Å². The van der Waals surface area contributed by atoms with Crippen LogP contribution in [0.3, 0.4) is 0 Å². The second-order valence-corrected chi connectivity index (χ2v) is 8.92. The number of anilines is 1. The maximum Gasteiger partial charge on any atom is 0.205 e. The van der Waals surface area contributed by atoms with Gasteiger partial charge < -0.3 is 9.73 Å². The number of H-pyrrole nitrogens is 1. The maximum atomic E-state index is 6.23. The van der Waals surface area contributed by atoms with Gasteiger partial charge in [0.05, 0.1) is 10.7 Å². The smallest absolute Gasteiger partial charge is 0.205 e. The van der Waals surface area contributed by atoms with Crippen LogP contribution >= 0.6 is 27.5 Å². The van der Waals surface area contributed by atoms with Crippen LogP contribution in [0.25, 0.3) is 39.3 Å². The minimum atomic E-state index is 0.505. The van der Waals surface area contributed by atoms with Crippen LogP contribution in [-0.4, -0.2) is 35.2 Å². The summed E-state index contributed by atoms with van der Waals surface area (Å²) < 4.78 is 8.79. The summed E-state index contributed by atoms with van der Waals surface area (Å²) in [7, 11) is 0. The van der Waals surface area contributed by atoms with Gasteiger partial charge in [0.25, 0.3) is 0 Å². The third-order valence-corrected chi connectivity index (χ3v) is 6.53. The fourth-order valence-electron chi connectivity index (χ4n) is 3.93. The lowest BCUT2D eigenvalue weighted by molar-refractivity contribution is 0.630. The number of hydrogen-bond donors (Lipinski definition) is 2. The molecule has 0 aliphatic rings. The number of fused-ring (bicyclic) bond motifs is 2. The molecule has 34 heavy (non-hydrogen) atoms. The number of rotatable bonds is 5. The molecular weight excluding hydrogens is 520 g/mol. The molecule has 2 aromatic carbocycles. The molecule has 4 heterocycles. The molecule has 6 aromatic rings. The standard InChI is InChI=1S/C23H16BrClN8O/c1-12-8-19(33-23(28-12)17(25)11-27-33)26-10-13-6-7-18-16(9-13)20(24)21(34-18)14-4-2-3-5-15(14)22-29-31-32-30-22/h2-9,11,26H,10H2,1H3,(H,29,30,31,32). The van der Waals surface area contributed by atoms with Gasteiger partial charge in [0.15, 0.2) is 5.65 Å². The second-order valence-electron chi connectivity index (χ2n) is 7.72. The lowest BCUT2D eigenvalue weighted by Crippen LogP contribution is -2.06. The fourth-order valence-corrected chi connectivity index (χ4v) is 4.70. The predicted octanol–water partition coefficient (Wildman–Crippen LogP) is 5.66. The van der Waals surface area contributed by atoms with Crippen molar-refractivity contribution in [2.24, 2.45) is 0 Å². The number of halogens is 2. The molecule has 0 atom stereocenters. The minimum Gasteiger partial charge on any atom is -0.455 e. The van der Waals surface area contributed by atoms with Gasteiger partial charge in [-0.1, -0.05) is 41.9 Å². The van der Waals surface area contributed by atoms with Crippen molar-refractivity contribution in [3.8, 4) is 22.7 Å². The zero-order valence-electron chi connectivity index (χ0n) is 17.8. The highest BCUT2D eigenvalue weighted by Gasteiger charge is 2.19. The molecule has 11 heteroatoms. The Hall–Kier alpha value is -3.76. The number of hydrogen-bond acceptors (Lipinski definition) is 7. The Bertz CT molecular complexity index is 1660. The van der Waals surface area contributed by atoms with Gasteiger partial charge in [0.2, 0.25) is 5.82 Å². The average Bonchev–Trinajstić information content (AvgIpc) is 3.58. The average molecular weight is 536 g/mol. The summed E-state index contributed by atoms with van der Waals surface area (Å²) in [6, 6.07) is 15.8. The minimum absolute atomic E-state index is 0.505. The monoisotopic (exact) mass is 534 g/mol. The molecule has 9 nitrogen and oxygen atoms in total. The van der Waals surface area contributed by atoms with Crippen molar-refractivity contribution in [1.82, 2.24) is 35.2 Å². The molecule has 0 amide bonds. The van der Waals surface area contributed by atoms with Crippen LogP contribution in [0.2, 0.25) is 5.02 Å². The molecule has 0 bridgehead atoms. The number of furan rings is 1. The Balaban J connectivity index is 1.35. The van der Waals surface area contributed by atoms with Gasteiger partial charge in [0.1, 0.15) is 22.2 Å². The van der Waals surface area contributed by atoms with Gasteiger partial charge >= 0.3 is 0 Å². The van der Waals surface area contributed by atoms with E-state index in [1.54, 1.807) is 10.7 Å². The number of aryl methyl sites for hydroxylation is 1. The largest absolute Gasteiger partial charge is 0.455 e. The molecule has 0 unspecified atom stereocenters. The third kappa shape index (κ3) is 3.51. The topological polar surface area (TPSA) is 110 Å². The lowest BCUT2D eigenvalue weighted by Gasteiger charge is -2.09. The zero-order valence-corrected chi connectivity index (χ0v) is 20.1. The van der Waals surface area contributed by atoms with Gasteiger partial charge in [-0.3, -0.25) is 0 Å². The Labute approximate surface area is 206 Å². The van der Waals surface area contributed by atoms with E-state index in [4.69, 9.17) is 16.0 Å². The molecule has 168 valence electrons. The number of nitrogens with one attached hydrogen (secondary N) is 2. The van der Waals surface area contributed by atoms with Gasteiger partial charge in [0, 0.05) is 34.8 Å². The summed E-state index contributed by atoms with van der Waals surface area (Å²) >= 11 is 9.96. The Morgan fingerprint density at radius 2 is 2.00 bits per heavy atom. The number of aromatic nitrogens is 7. The maximum absolute atomic E-state index is 6.23. The first kappa shape index (κ1) is 20.8. The SMILES string of the molecule is Cc1cc(NCc2ccc3oc(-c4ccccc4-c4nn[nH]n4)c(Br)c3c2)n2ncc(Cl)c2n1. The van der Waals surface area contributed by atoms with E-state index in [0.717, 1.165) is 43.6 Å². The van der Waals surface area contributed by atoms with E-state index in [0.29, 0.717) is 28.8 Å². The molecule has 4 aromatic heterocycles. The molecule has 0 spiro atoms. The van der Waals surface area contributed by atoms with Crippen molar-refractivity contribution in [2.75, 3.05) is 5.32 Å². The van der Waals surface area contributed by atoms with Gasteiger partial charge in [-0.25, -0.2) is 4.98 Å². The molecule has 0 fully saturated rings. The Morgan fingerprint density at radius 1 is 1.15 bits per heavy atom. The first-order valence-corrected chi connectivity index (χ1v) is 11.5. The van der Waals surface area contributed by atoms with Crippen LogP contribution in [0.5, 0.6) is 0 Å². The van der Waals surface area contributed by atoms with E-state index in [-0.39, 0.29) is 0 Å². The number of aromatic amines is 1. The van der Waals surface area contributed by atoms with Crippen LogP contribution in [-0.2, 0) is 6.54 Å². The molecular formula is C23H16BrClN8O. The van der Waals surface area contributed by atoms with Crippen molar-refractivity contribution >= 4 is 50.0 Å². The summed E-state index contributed by atoms with van der Waals surface area (Å²) in [5.74, 6) is 2.03. The van der Waals surface area contributed by atoms with Crippen molar-refractivity contribution in [2.45, 2.75) is 13.5 Å². The van der Waals surface area contributed by atoms with Crippen molar-refractivity contribution < 1.29 is 4.42 Å². The van der Waals surface area contributed by atoms with E-state index in [9.17, 15) is 0 Å². The van der Waals surface area contributed by atoms with Crippen LogP contribution in [0.4, 0.5) is 5.82 Å². The van der Waals surface area contributed by atoms with E-state index >= 15 is 0 Å². The summed E-state index contributed by atoms with van der Waals surface area (Å²) in [6.45, 7) is 2.51. The first-order chi connectivity index (χ1) is 16.6. The normalized spacial score (nSPS) is 11.5. The number of benzene rings is 2. The quantitative estimate of drug-likeness (QED) is 0.293. The highest BCUT2D eigenvalue weighted by atomic mass is 79.9. The fraction of sp³-hybridized carbons (Fsp3) is 0.0870. The van der Waals surface area contributed by atoms with E-state index in [2.05, 4.69) is 58.0 Å². The highest BCUT2D eigenvalue weighted by Crippen LogP contribution is 2.41. The van der Waals surface area contributed by atoms with Crippen LogP contribution < -0.4 is 5.32 Å². The molecule has 0 saturated carbocycles. The molecule has 0 saturated heterocycles. The summed E-state index contributed by atoms with van der Waals surface area (Å²) in [5.41, 5.74) is 5.03. The number of tetrazole rings is 1. The van der Waals surface area contributed by atoms with Crippen LogP contribution in [0.15, 0.2) is 63.6 Å². The van der Waals surface area contributed by atoms with Crippen LogP contribution in [0.1, 0.15) is 11.3 Å². The molecule has 2 N–H and O–H groups in total. The summed E-state index contributed by atoms with van der Waals surface area (Å²) in [4.78, 5) is 4.46. The summed E-state index contributed by atoms with van der Waals surface area (Å²) in [5, 5.41) is 23.7. The highest BCUT2D eigenvalue weighted by molar-refractivity contribution is 9.10. The Kier molecular flexibility index (Phi) is 5.04. The van der Waals surface area contributed by atoms with Gasteiger partial charge in [-0.15, -0.1) is 10.2 Å². The lowest BCUT2D eigenvalue weighted by atomic mass is 10.0. The van der Waals surface area contributed by atoms with Crippen molar-refractivity contribution in [1.29, 1.82) is 0 Å². The van der Waals surface area contributed by atoms with Gasteiger partial charge in [-0.2, -0.15) is 14.8 Å². The number of nitrogens with zero attached hydrogens (tertiary/aromatic N) is 6. The third-order valence-electron chi connectivity index (χ3n) is 5.48. The Morgan fingerprint density at radius 3 is 2.82 bits per heavy atom. The molecule has 0 aliphatic heterocycles. The molecule has 0 aliphatic carbocycles. The van der Waals surface area contributed by atoms with Gasteiger partial charge in [-0.05, 0) is 45.8 Å². The van der Waals surface area contributed by atoms with E-state index in [1.807, 2.05) is 49.4 Å².